The standard InChI is InChI=1S/C27H54N2O/c1-3-5-13-23(19-25(30)20-24(27(28)29)14-6-4-2)26(21-15-9-7-10-16-21)22-17-11-8-12-18-22/h21-27,30H,3-20,28-29H2,1-2H3. The van der Waals surface area contributed by atoms with Crippen molar-refractivity contribution >= 4 is 0 Å². The topological polar surface area (TPSA) is 72.3 Å². The zero-order chi connectivity index (χ0) is 21.8. The van der Waals surface area contributed by atoms with Crippen LogP contribution in [-0.2, 0) is 0 Å². The third kappa shape index (κ3) is 8.79. The summed E-state index contributed by atoms with van der Waals surface area (Å²) < 4.78 is 0. The van der Waals surface area contributed by atoms with Crippen molar-refractivity contribution in [2.45, 2.75) is 142 Å². The van der Waals surface area contributed by atoms with Crippen LogP contribution in [0.15, 0.2) is 0 Å². The number of unbranched alkanes of at least 4 members (excludes halogenated alkanes) is 2. The minimum absolute atomic E-state index is 0.238. The van der Waals surface area contributed by atoms with Crippen molar-refractivity contribution in [3.63, 3.8) is 0 Å². The summed E-state index contributed by atoms with van der Waals surface area (Å²) in [6.45, 7) is 4.53. The minimum atomic E-state index is -0.298. The second-order valence-electron chi connectivity index (χ2n) is 10.9. The van der Waals surface area contributed by atoms with E-state index in [9.17, 15) is 5.11 Å². The highest BCUT2D eigenvalue weighted by Crippen LogP contribution is 2.46. The molecule has 2 aliphatic carbocycles. The summed E-state index contributed by atoms with van der Waals surface area (Å²) in [5.41, 5.74) is 12.2. The maximum absolute atomic E-state index is 11.2. The predicted octanol–water partition coefficient (Wildman–Crippen LogP) is 6.76. The molecule has 0 heterocycles. The molecule has 0 bridgehead atoms. The highest BCUT2D eigenvalue weighted by Gasteiger charge is 2.37. The van der Waals surface area contributed by atoms with Crippen LogP contribution < -0.4 is 11.5 Å². The maximum Gasteiger partial charge on any atom is 0.0550 e. The zero-order valence-electron chi connectivity index (χ0n) is 20.4. The van der Waals surface area contributed by atoms with Gasteiger partial charge < -0.3 is 16.6 Å². The van der Waals surface area contributed by atoms with Crippen LogP contribution in [0, 0.1) is 29.6 Å². The van der Waals surface area contributed by atoms with Gasteiger partial charge in [-0.3, -0.25) is 0 Å². The van der Waals surface area contributed by atoms with E-state index in [0.717, 1.165) is 43.4 Å². The normalized spacial score (nSPS) is 22.5. The summed E-state index contributed by atoms with van der Waals surface area (Å²) in [6.07, 6.45) is 22.8. The number of aliphatic hydroxyl groups is 1. The number of aliphatic hydroxyl groups excluding tert-OH is 1. The van der Waals surface area contributed by atoms with Crippen LogP contribution in [0.4, 0.5) is 0 Å². The Kier molecular flexibility index (Phi) is 12.9. The molecule has 3 nitrogen and oxygen atoms in total. The Balaban J connectivity index is 2.09. The van der Waals surface area contributed by atoms with Gasteiger partial charge in [0.1, 0.15) is 0 Å². The molecule has 0 radical (unpaired) electrons. The fourth-order valence-electron chi connectivity index (χ4n) is 6.86. The van der Waals surface area contributed by atoms with Gasteiger partial charge in [-0.25, -0.2) is 0 Å². The largest absolute Gasteiger partial charge is 0.393 e. The highest BCUT2D eigenvalue weighted by atomic mass is 16.3. The average Bonchev–Trinajstić information content (AvgIpc) is 2.76. The van der Waals surface area contributed by atoms with Crippen LogP contribution in [0.3, 0.4) is 0 Å². The Labute approximate surface area is 188 Å². The molecule has 30 heavy (non-hydrogen) atoms. The quantitative estimate of drug-likeness (QED) is 0.271. The first-order valence-electron chi connectivity index (χ1n) is 13.8. The number of rotatable bonds is 14. The maximum atomic E-state index is 11.2. The van der Waals surface area contributed by atoms with Gasteiger partial charge in [0.15, 0.2) is 0 Å². The number of hydrogen-bond acceptors (Lipinski definition) is 3. The molecule has 0 aromatic carbocycles. The Morgan fingerprint density at radius 3 is 1.57 bits per heavy atom. The van der Waals surface area contributed by atoms with Gasteiger partial charge in [0.05, 0.1) is 12.3 Å². The molecule has 2 fully saturated rings. The molecular weight excluding hydrogens is 368 g/mol. The van der Waals surface area contributed by atoms with Crippen LogP contribution in [0.5, 0.6) is 0 Å². The van der Waals surface area contributed by atoms with Crippen LogP contribution in [0.1, 0.15) is 129 Å². The minimum Gasteiger partial charge on any atom is -0.393 e. The second kappa shape index (κ2) is 14.9. The van der Waals surface area contributed by atoms with Gasteiger partial charge in [0, 0.05) is 0 Å². The molecule has 2 saturated carbocycles. The third-order valence-electron chi connectivity index (χ3n) is 8.48. The molecule has 0 saturated heterocycles. The summed E-state index contributed by atoms with van der Waals surface area (Å²) in [7, 11) is 0. The van der Waals surface area contributed by atoms with E-state index in [2.05, 4.69) is 13.8 Å². The molecule has 3 atom stereocenters. The van der Waals surface area contributed by atoms with E-state index in [-0.39, 0.29) is 18.2 Å². The smallest absolute Gasteiger partial charge is 0.0550 e. The van der Waals surface area contributed by atoms with Crippen molar-refractivity contribution in [3.8, 4) is 0 Å². The van der Waals surface area contributed by atoms with Crippen LogP contribution in [0.2, 0.25) is 0 Å². The van der Waals surface area contributed by atoms with Gasteiger partial charge in [0.25, 0.3) is 0 Å². The van der Waals surface area contributed by atoms with Crippen LogP contribution in [0.25, 0.3) is 0 Å². The van der Waals surface area contributed by atoms with Crippen LogP contribution in [-0.4, -0.2) is 17.4 Å². The van der Waals surface area contributed by atoms with Crippen molar-refractivity contribution in [1.29, 1.82) is 0 Å². The molecule has 178 valence electrons. The molecule has 0 aromatic rings. The van der Waals surface area contributed by atoms with E-state index in [1.807, 2.05) is 0 Å². The summed E-state index contributed by atoms with van der Waals surface area (Å²) in [5.74, 6) is 3.60. The molecule has 5 N–H and O–H groups in total. The Morgan fingerprint density at radius 1 is 0.700 bits per heavy atom. The zero-order valence-corrected chi connectivity index (χ0v) is 20.4. The fourth-order valence-corrected chi connectivity index (χ4v) is 6.86. The highest BCUT2D eigenvalue weighted by molar-refractivity contribution is 4.88. The summed E-state index contributed by atoms with van der Waals surface area (Å²) in [5, 5.41) is 11.2. The lowest BCUT2D eigenvalue weighted by molar-refractivity contribution is 0.0348. The molecule has 0 amide bonds. The fraction of sp³-hybridized carbons (Fsp3) is 1.00. The molecule has 0 spiro atoms. The first-order chi connectivity index (χ1) is 14.6. The number of hydrogen-bond donors (Lipinski definition) is 3. The Bertz CT molecular complexity index is 397. The van der Waals surface area contributed by atoms with Gasteiger partial charge in [0.2, 0.25) is 0 Å². The average molecular weight is 423 g/mol. The van der Waals surface area contributed by atoms with Gasteiger partial charge in [-0.05, 0) is 48.9 Å². The van der Waals surface area contributed by atoms with Gasteiger partial charge in [-0.1, -0.05) is 110 Å². The lowest BCUT2D eigenvalue weighted by Gasteiger charge is -2.43. The first-order valence-corrected chi connectivity index (χ1v) is 13.8. The first kappa shape index (κ1) is 26.1. The molecule has 3 unspecified atom stereocenters. The van der Waals surface area contributed by atoms with Crippen molar-refractivity contribution in [3.05, 3.63) is 0 Å². The lowest BCUT2D eigenvalue weighted by Crippen LogP contribution is -2.41. The predicted molar refractivity (Wildman–Crippen MR) is 130 cm³/mol. The SMILES string of the molecule is CCCCC(CC(O)CC(CCCC)C(C1CCCCC1)C1CCCCC1)C(N)N. The molecule has 0 aromatic heterocycles. The Morgan fingerprint density at radius 2 is 1.13 bits per heavy atom. The summed E-state index contributed by atoms with van der Waals surface area (Å²) in [4.78, 5) is 0. The Hall–Kier alpha value is -0.120. The van der Waals surface area contributed by atoms with Gasteiger partial charge >= 0.3 is 0 Å². The molecule has 2 aliphatic rings. The van der Waals surface area contributed by atoms with E-state index in [0.29, 0.717) is 5.92 Å². The molecule has 0 aliphatic heterocycles. The molecule has 2 rings (SSSR count). The van der Waals surface area contributed by atoms with Crippen molar-refractivity contribution in [2.75, 3.05) is 0 Å². The van der Waals surface area contributed by atoms with Crippen molar-refractivity contribution < 1.29 is 5.11 Å². The van der Waals surface area contributed by atoms with E-state index in [1.54, 1.807) is 0 Å². The molecular formula is C27H54N2O. The van der Waals surface area contributed by atoms with E-state index < -0.39 is 0 Å². The lowest BCUT2D eigenvalue weighted by atomic mass is 9.62. The van der Waals surface area contributed by atoms with Gasteiger partial charge in [-0.2, -0.15) is 0 Å². The van der Waals surface area contributed by atoms with E-state index in [1.165, 1.54) is 89.9 Å². The summed E-state index contributed by atoms with van der Waals surface area (Å²) in [6, 6.07) is 0. The van der Waals surface area contributed by atoms with Crippen molar-refractivity contribution in [1.82, 2.24) is 0 Å². The van der Waals surface area contributed by atoms with Crippen LogP contribution >= 0.6 is 0 Å². The summed E-state index contributed by atoms with van der Waals surface area (Å²) >= 11 is 0. The second-order valence-corrected chi connectivity index (χ2v) is 10.9. The number of nitrogens with two attached hydrogens (primary N) is 2. The third-order valence-corrected chi connectivity index (χ3v) is 8.48. The van der Waals surface area contributed by atoms with Crippen molar-refractivity contribution in [2.24, 2.45) is 41.1 Å². The molecule has 3 heteroatoms. The monoisotopic (exact) mass is 422 g/mol. The van der Waals surface area contributed by atoms with E-state index in [4.69, 9.17) is 11.5 Å². The van der Waals surface area contributed by atoms with E-state index >= 15 is 0 Å². The van der Waals surface area contributed by atoms with Gasteiger partial charge in [-0.15, -0.1) is 0 Å².